The molecule has 34 heavy (non-hydrogen) atoms. The number of ether oxygens (including phenoxy) is 1. The number of amides is 2. The molecule has 0 bridgehead atoms. The van der Waals surface area contributed by atoms with Crippen LogP contribution in [0.3, 0.4) is 0 Å². The Kier molecular flexibility index (Phi) is 6.86. The molecule has 6 nitrogen and oxygen atoms in total. The number of benzene rings is 2. The van der Waals surface area contributed by atoms with E-state index in [1.807, 2.05) is 30.3 Å². The van der Waals surface area contributed by atoms with Gasteiger partial charge in [-0.05, 0) is 86.4 Å². The van der Waals surface area contributed by atoms with E-state index in [0.29, 0.717) is 18.2 Å². The molecule has 6 heteroatoms. The lowest BCUT2D eigenvalue weighted by Crippen LogP contribution is -2.52. The molecule has 2 fully saturated rings. The van der Waals surface area contributed by atoms with Gasteiger partial charge in [-0.15, -0.1) is 0 Å². The fraction of sp³-hybridized carbons (Fsp3) is 0.500. The lowest BCUT2D eigenvalue weighted by molar-refractivity contribution is 0.0414. The van der Waals surface area contributed by atoms with Crippen molar-refractivity contribution in [2.24, 2.45) is 5.73 Å². The summed E-state index contributed by atoms with van der Waals surface area (Å²) in [5, 5.41) is 0. The maximum Gasteiger partial charge on any atom is 0.254 e. The first-order chi connectivity index (χ1) is 16.6. The Balaban J connectivity index is 1.11. The van der Waals surface area contributed by atoms with E-state index in [9.17, 15) is 9.59 Å². The minimum atomic E-state index is -0.404. The molecule has 2 amide bonds. The van der Waals surface area contributed by atoms with Gasteiger partial charge in [0.25, 0.3) is 5.91 Å². The van der Waals surface area contributed by atoms with Crippen LogP contribution in [0.5, 0.6) is 5.75 Å². The third-order valence-electron chi connectivity index (χ3n) is 7.84. The lowest BCUT2D eigenvalue weighted by atomic mass is 9.88. The molecule has 180 valence electrons. The number of aryl methyl sites for hydroxylation is 1. The first kappa shape index (κ1) is 22.9. The quantitative estimate of drug-likeness (QED) is 0.607. The molecule has 0 atom stereocenters. The molecular formula is C28H35N3O3. The number of piperidine rings is 1. The van der Waals surface area contributed by atoms with Gasteiger partial charge in [0.1, 0.15) is 5.75 Å². The summed E-state index contributed by atoms with van der Waals surface area (Å²) in [5.74, 6) is 0.616. The molecule has 0 radical (unpaired) electrons. The Morgan fingerprint density at radius 2 is 1.74 bits per heavy atom. The van der Waals surface area contributed by atoms with Crippen LogP contribution < -0.4 is 10.5 Å². The molecule has 3 aliphatic rings. The minimum Gasteiger partial charge on any atom is -0.494 e. The molecule has 1 saturated heterocycles. The Bertz CT molecular complexity index is 1020. The molecule has 5 rings (SSSR count). The van der Waals surface area contributed by atoms with Crippen LogP contribution in [-0.2, 0) is 12.8 Å². The number of rotatable bonds is 8. The van der Waals surface area contributed by atoms with E-state index in [4.69, 9.17) is 10.5 Å². The van der Waals surface area contributed by atoms with E-state index < -0.39 is 5.91 Å². The summed E-state index contributed by atoms with van der Waals surface area (Å²) < 4.78 is 5.98. The summed E-state index contributed by atoms with van der Waals surface area (Å²) >= 11 is 0. The third-order valence-corrected chi connectivity index (χ3v) is 7.84. The highest BCUT2D eigenvalue weighted by atomic mass is 16.5. The molecule has 2 N–H and O–H groups in total. The van der Waals surface area contributed by atoms with Gasteiger partial charge < -0.3 is 20.3 Å². The van der Waals surface area contributed by atoms with Gasteiger partial charge in [-0.25, -0.2) is 0 Å². The van der Waals surface area contributed by atoms with Crippen LogP contribution in [0.15, 0.2) is 42.5 Å². The van der Waals surface area contributed by atoms with Crippen LogP contribution in [0.4, 0.5) is 0 Å². The smallest absolute Gasteiger partial charge is 0.254 e. The molecule has 2 heterocycles. The zero-order valence-corrected chi connectivity index (χ0v) is 19.9. The maximum atomic E-state index is 13.2. The molecule has 2 aromatic carbocycles. The molecule has 2 aliphatic heterocycles. The summed E-state index contributed by atoms with van der Waals surface area (Å²) in [6.45, 7) is 3.68. The normalized spacial score (nSPS) is 19.5. The number of carbonyl (C=O) groups is 2. The second-order valence-corrected chi connectivity index (χ2v) is 9.93. The molecule has 0 aromatic heterocycles. The van der Waals surface area contributed by atoms with Crippen LogP contribution in [0.2, 0.25) is 0 Å². The lowest BCUT2D eigenvalue weighted by Gasteiger charge is -2.45. The number of hydrogen-bond acceptors (Lipinski definition) is 4. The van der Waals surface area contributed by atoms with E-state index in [2.05, 4.69) is 9.80 Å². The van der Waals surface area contributed by atoms with Gasteiger partial charge in [0.2, 0.25) is 5.91 Å². The Labute approximate surface area is 202 Å². The molecule has 0 unspecified atom stereocenters. The Morgan fingerprint density at radius 3 is 2.41 bits per heavy atom. The van der Waals surface area contributed by atoms with Gasteiger partial charge in [0.15, 0.2) is 0 Å². The van der Waals surface area contributed by atoms with E-state index in [-0.39, 0.29) is 5.91 Å². The van der Waals surface area contributed by atoms with Crippen LogP contribution in [0.25, 0.3) is 0 Å². The number of nitrogens with zero attached hydrogens (tertiary/aromatic N) is 2. The predicted molar refractivity (Wildman–Crippen MR) is 132 cm³/mol. The number of carbonyl (C=O) groups excluding carboxylic acids is 2. The molecule has 2 aromatic rings. The topological polar surface area (TPSA) is 75.9 Å². The highest BCUT2D eigenvalue weighted by Gasteiger charge is 2.34. The van der Waals surface area contributed by atoms with Crippen molar-refractivity contribution in [2.45, 2.75) is 63.5 Å². The zero-order chi connectivity index (χ0) is 23.5. The van der Waals surface area contributed by atoms with Crippen molar-refractivity contribution in [3.05, 3.63) is 64.7 Å². The second kappa shape index (κ2) is 10.2. The molecular weight excluding hydrogens is 426 g/mol. The molecule has 1 aliphatic carbocycles. The van der Waals surface area contributed by atoms with E-state index in [0.717, 1.165) is 80.2 Å². The Hall–Kier alpha value is -2.86. The average Bonchev–Trinajstić information content (AvgIpc) is 2.82. The van der Waals surface area contributed by atoms with Crippen molar-refractivity contribution in [2.75, 3.05) is 26.2 Å². The minimum absolute atomic E-state index is 0.189. The van der Waals surface area contributed by atoms with Gasteiger partial charge in [0.05, 0.1) is 6.61 Å². The summed E-state index contributed by atoms with van der Waals surface area (Å²) in [6, 6.07) is 14.5. The van der Waals surface area contributed by atoms with E-state index in [1.54, 1.807) is 12.1 Å². The standard InChI is InChI=1S/C28H35N3O3/c29-27(32)21-8-6-20(7-9-21)3-2-18-34-25-10-11-26-22(19-25)12-17-31(28(26)33)24-13-15-30(16-14-24)23-4-1-5-23/h6-11,19,23-24H,1-5,12-18H2,(H2,29,32). The van der Waals surface area contributed by atoms with Gasteiger partial charge >= 0.3 is 0 Å². The average molecular weight is 462 g/mol. The van der Waals surface area contributed by atoms with Gasteiger partial charge in [0, 0.05) is 42.8 Å². The first-order valence-electron chi connectivity index (χ1n) is 12.8. The number of likely N-dealkylation sites (tertiary alicyclic amines) is 1. The molecule has 0 spiro atoms. The summed E-state index contributed by atoms with van der Waals surface area (Å²) in [5.41, 5.74) is 8.92. The van der Waals surface area contributed by atoms with Gasteiger partial charge in [-0.2, -0.15) is 0 Å². The van der Waals surface area contributed by atoms with Crippen molar-refractivity contribution >= 4 is 11.8 Å². The van der Waals surface area contributed by atoms with Crippen molar-refractivity contribution in [1.29, 1.82) is 0 Å². The fourth-order valence-corrected chi connectivity index (χ4v) is 5.54. The van der Waals surface area contributed by atoms with Crippen LogP contribution >= 0.6 is 0 Å². The number of nitrogens with two attached hydrogens (primary N) is 1. The number of hydrogen-bond donors (Lipinski definition) is 1. The van der Waals surface area contributed by atoms with E-state index >= 15 is 0 Å². The monoisotopic (exact) mass is 461 g/mol. The summed E-state index contributed by atoms with van der Waals surface area (Å²) in [4.78, 5) is 29.2. The highest BCUT2D eigenvalue weighted by molar-refractivity contribution is 5.97. The Morgan fingerprint density at radius 1 is 0.971 bits per heavy atom. The third kappa shape index (κ3) is 4.97. The van der Waals surface area contributed by atoms with Gasteiger partial charge in [-0.3, -0.25) is 9.59 Å². The number of primary amides is 1. The van der Waals surface area contributed by atoms with Gasteiger partial charge in [-0.1, -0.05) is 18.6 Å². The maximum absolute atomic E-state index is 13.2. The molecule has 1 saturated carbocycles. The summed E-state index contributed by atoms with van der Waals surface area (Å²) in [6.07, 6.45) is 8.94. The number of fused-ring (bicyclic) bond motifs is 1. The van der Waals surface area contributed by atoms with E-state index in [1.165, 1.54) is 19.3 Å². The van der Waals surface area contributed by atoms with Crippen molar-refractivity contribution in [3.63, 3.8) is 0 Å². The van der Waals surface area contributed by atoms with Crippen LogP contribution in [0, 0.1) is 0 Å². The highest BCUT2D eigenvalue weighted by Crippen LogP contribution is 2.31. The zero-order valence-electron chi connectivity index (χ0n) is 19.9. The SMILES string of the molecule is NC(=O)c1ccc(CCCOc2ccc3c(c2)CCN(C2CCN(C4CCC4)CC2)C3=O)cc1. The van der Waals surface area contributed by atoms with Crippen LogP contribution in [-0.4, -0.2) is 59.9 Å². The van der Waals surface area contributed by atoms with Crippen molar-refractivity contribution in [1.82, 2.24) is 9.80 Å². The summed E-state index contributed by atoms with van der Waals surface area (Å²) in [7, 11) is 0. The van der Waals surface area contributed by atoms with Crippen molar-refractivity contribution in [3.8, 4) is 5.75 Å². The largest absolute Gasteiger partial charge is 0.494 e. The fourth-order valence-electron chi connectivity index (χ4n) is 5.54. The first-order valence-corrected chi connectivity index (χ1v) is 12.8. The van der Waals surface area contributed by atoms with Crippen molar-refractivity contribution < 1.29 is 14.3 Å². The predicted octanol–water partition coefficient (Wildman–Crippen LogP) is 3.81. The van der Waals surface area contributed by atoms with Crippen LogP contribution in [0.1, 0.15) is 70.4 Å². The second-order valence-electron chi connectivity index (χ2n) is 9.93.